The third kappa shape index (κ3) is 2.25. The maximum Gasteiger partial charge on any atom is 0.114 e. The van der Waals surface area contributed by atoms with E-state index in [1.165, 1.54) is 0 Å². The minimum atomic E-state index is -0.628. The number of aromatic nitrogens is 1. The predicted molar refractivity (Wildman–Crippen MR) is 49.0 cm³/mol. The second kappa shape index (κ2) is 3.83. The molecule has 1 fully saturated rings. The summed E-state index contributed by atoms with van der Waals surface area (Å²) >= 11 is 0. The van der Waals surface area contributed by atoms with Gasteiger partial charge >= 0.3 is 0 Å². The second-order valence-electron chi connectivity index (χ2n) is 3.48. The van der Waals surface area contributed by atoms with Gasteiger partial charge in [-0.1, -0.05) is 6.07 Å². The lowest BCUT2D eigenvalue weighted by molar-refractivity contribution is 0.282. The van der Waals surface area contributed by atoms with Crippen molar-refractivity contribution in [3.8, 4) is 0 Å². The van der Waals surface area contributed by atoms with E-state index < -0.39 is 6.17 Å². The molecule has 0 spiro atoms. The van der Waals surface area contributed by atoms with Gasteiger partial charge in [0.2, 0.25) is 0 Å². The lowest BCUT2D eigenvalue weighted by Gasteiger charge is -2.13. The summed E-state index contributed by atoms with van der Waals surface area (Å²) in [6.45, 7) is 2.28. The van der Waals surface area contributed by atoms with E-state index in [4.69, 9.17) is 0 Å². The number of rotatable bonds is 2. The van der Waals surface area contributed by atoms with Crippen molar-refractivity contribution in [2.75, 3.05) is 13.1 Å². The molecule has 1 aliphatic heterocycles. The highest BCUT2D eigenvalue weighted by Gasteiger charge is 2.21. The molecule has 1 unspecified atom stereocenters. The van der Waals surface area contributed by atoms with E-state index in [9.17, 15) is 4.39 Å². The molecule has 0 bridgehead atoms. The number of likely N-dealkylation sites (tertiary alicyclic amines) is 1. The average molecular weight is 180 g/mol. The molecule has 2 heterocycles. The summed E-state index contributed by atoms with van der Waals surface area (Å²) in [6, 6.07) is 3.94. The highest BCUT2D eigenvalue weighted by molar-refractivity contribution is 5.08. The summed E-state index contributed by atoms with van der Waals surface area (Å²) in [6.07, 6.45) is 3.65. The molecule has 0 saturated carbocycles. The monoisotopic (exact) mass is 180 g/mol. The van der Waals surface area contributed by atoms with Crippen LogP contribution in [0, 0.1) is 0 Å². The van der Waals surface area contributed by atoms with E-state index in [0.717, 1.165) is 18.7 Å². The quantitative estimate of drug-likeness (QED) is 0.687. The number of halogens is 1. The van der Waals surface area contributed by atoms with Crippen molar-refractivity contribution in [3.63, 3.8) is 0 Å². The molecule has 3 heteroatoms. The SMILES string of the molecule is FC1CCN(Cc2cccnc2)C1. The van der Waals surface area contributed by atoms with Crippen LogP contribution in [0.1, 0.15) is 12.0 Å². The lowest BCUT2D eigenvalue weighted by atomic mass is 10.3. The van der Waals surface area contributed by atoms with E-state index in [0.29, 0.717) is 13.0 Å². The number of hydrogen-bond acceptors (Lipinski definition) is 2. The van der Waals surface area contributed by atoms with Crippen LogP contribution in [0.3, 0.4) is 0 Å². The fourth-order valence-corrected chi connectivity index (χ4v) is 1.68. The van der Waals surface area contributed by atoms with Gasteiger partial charge in [-0.3, -0.25) is 9.88 Å². The maximum absolute atomic E-state index is 12.8. The first kappa shape index (κ1) is 8.63. The summed E-state index contributed by atoms with van der Waals surface area (Å²) in [5.41, 5.74) is 1.16. The smallest absolute Gasteiger partial charge is 0.114 e. The molecule has 2 rings (SSSR count). The van der Waals surface area contributed by atoms with Crippen molar-refractivity contribution in [2.24, 2.45) is 0 Å². The number of alkyl halides is 1. The van der Waals surface area contributed by atoms with Crippen LogP contribution in [0.5, 0.6) is 0 Å². The lowest BCUT2D eigenvalue weighted by Crippen LogP contribution is -2.20. The Balaban J connectivity index is 1.92. The van der Waals surface area contributed by atoms with Crippen LogP contribution < -0.4 is 0 Å². The van der Waals surface area contributed by atoms with Crippen LogP contribution in [0.4, 0.5) is 4.39 Å². The van der Waals surface area contributed by atoms with Gasteiger partial charge in [0.25, 0.3) is 0 Å². The molecule has 70 valence electrons. The van der Waals surface area contributed by atoms with Gasteiger partial charge in [0, 0.05) is 32.0 Å². The largest absolute Gasteiger partial charge is 0.296 e. The Kier molecular flexibility index (Phi) is 2.54. The van der Waals surface area contributed by atoms with Gasteiger partial charge < -0.3 is 0 Å². The highest BCUT2D eigenvalue weighted by Crippen LogP contribution is 2.14. The fraction of sp³-hybridized carbons (Fsp3) is 0.500. The van der Waals surface area contributed by atoms with Gasteiger partial charge in [-0.25, -0.2) is 4.39 Å². The van der Waals surface area contributed by atoms with Crippen molar-refractivity contribution in [2.45, 2.75) is 19.1 Å². The molecule has 1 saturated heterocycles. The van der Waals surface area contributed by atoms with Crippen molar-refractivity contribution in [1.29, 1.82) is 0 Å². The molecule has 1 atom stereocenters. The molecule has 13 heavy (non-hydrogen) atoms. The van der Waals surface area contributed by atoms with Gasteiger partial charge in [0.05, 0.1) is 0 Å². The van der Waals surface area contributed by atoms with Crippen molar-refractivity contribution in [3.05, 3.63) is 30.1 Å². The third-order valence-corrected chi connectivity index (χ3v) is 2.34. The minimum absolute atomic E-state index is 0.578. The fourth-order valence-electron chi connectivity index (χ4n) is 1.68. The minimum Gasteiger partial charge on any atom is -0.296 e. The van der Waals surface area contributed by atoms with E-state index in [1.54, 1.807) is 6.20 Å². The van der Waals surface area contributed by atoms with Crippen LogP contribution in [0.15, 0.2) is 24.5 Å². The van der Waals surface area contributed by atoms with Gasteiger partial charge in [-0.15, -0.1) is 0 Å². The average Bonchev–Trinajstić information content (AvgIpc) is 2.53. The molecule has 0 amide bonds. The van der Waals surface area contributed by atoms with Crippen molar-refractivity contribution >= 4 is 0 Å². The number of pyridine rings is 1. The maximum atomic E-state index is 12.8. The Labute approximate surface area is 77.4 Å². The number of nitrogens with zero attached hydrogens (tertiary/aromatic N) is 2. The van der Waals surface area contributed by atoms with E-state index in [-0.39, 0.29) is 0 Å². The molecular formula is C10H13FN2. The van der Waals surface area contributed by atoms with Crippen LogP contribution in [-0.4, -0.2) is 29.1 Å². The molecule has 2 nitrogen and oxygen atoms in total. The topological polar surface area (TPSA) is 16.1 Å². The first-order valence-electron chi connectivity index (χ1n) is 4.60. The Hall–Kier alpha value is -0.960. The standard InChI is InChI=1S/C10H13FN2/c11-10-3-5-13(8-10)7-9-2-1-4-12-6-9/h1-2,4,6,10H,3,5,7-8H2. The molecule has 0 aromatic carbocycles. The van der Waals surface area contributed by atoms with Crippen molar-refractivity contribution < 1.29 is 4.39 Å². The van der Waals surface area contributed by atoms with E-state index in [2.05, 4.69) is 9.88 Å². The molecule has 0 N–H and O–H groups in total. The van der Waals surface area contributed by atoms with Crippen LogP contribution in [0.25, 0.3) is 0 Å². The normalized spacial score (nSPS) is 23.6. The zero-order valence-corrected chi connectivity index (χ0v) is 7.49. The Bertz CT molecular complexity index is 263. The summed E-state index contributed by atoms with van der Waals surface area (Å²) in [7, 11) is 0. The second-order valence-corrected chi connectivity index (χ2v) is 3.48. The summed E-state index contributed by atoms with van der Waals surface area (Å²) < 4.78 is 12.8. The molecule has 1 aromatic rings. The summed E-state index contributed by atoms with van der Waals surface area (Å²) in [5.74, 6) is 0. The van der Waals surface area contributed by atoms with E-state index >= 15 is 0 Å². The highest BCUT2D eigenvalue weighted by atomic mass is 19.1. The van der Waals surface area contributed by atoms with Gasteiger partial charge in [0.1, 0.15) is 6.17 Å². The zero-order chi connectivity index (χ0) is 9.10. The third-order valence-electron chi connectivity index (χ3n) is 2.34. The summed E-state index contributed by atoms with van der Waals surface area (Å²) in [5, 5.41) is 0. The molecular weight excluding hydrogens is 167 g/mol. The van der Waals surface area contributed by atoms with Gasteiger partial charge in [-0.05, 0) is 18.1 Å². The summed E-state index contributed by atoms with van der Waals surface area (Å²) in [4.78, 5) is 6.15. The number of hydrogen-bond donors (Lipinski definition) is 0. The Morgan fingerprint density at radius 1 is 1.62 bits per heavy atom. The molecule has 1 aromatic heterocycles. The zero-order valence-electron chi connectivity index (χ0n) is 7.49. The first-order valence-corrected chi connectivity index (χ1v) is 4.60. The Morgan fingerprint density at radius 3 is 3.15 bits per heavy atom. The van der Waals surface area contributed by atoms with Gasteiger partial charge in [-0.2, -0.15) is 0 Å². The van der Waals surface area contributed by atoms with Crippen molar-refractivity contribution in [1.82, 2.24) is 9.88 Å². The van der Waals surface area contributed by atoms with Crippen LogP contribution in [-0.2, 0) is 6.54 Å². The molecule has 0 radical (unpaired) electrons. The van der Waals surface area contributed by atoms with Gasteiger partial charge in [0.15, 0.2) is 0 Å². The van der Waals surface area contributed by atoms with Crippen LogP contribution in [0.2, 0.25) is 0 Å². The first-order chi connectivity index (χ1) is 6.34. The molecule has 1 aliphatic rings. The van der Waals surface area contributed by atoms with Crippen LogP contribution >= 0.6 is 0 Å². The predicted octanol–water partition coefficient (Wildman–Crippen LogP) is 1.63. The van der Waals surface area contributed by atoms with E-state index in [1.807, 2.05) is 18.3 Å². The molecule has 0 aliphatic carbocycles. The Morgan fingerprint density at radius 2 is 2.54 bits per heavy atom.